The monoisotopic (exact) mass is 272 g/mol. The Bertz CT molecular complexity index is 793. The van der Waals surface area contributed by atoms with E-state index >= 15 is 0 Å². The fourth-order valence-corrected chi connectivity index (χ4v) is 1.93. The van der Waals surface area contributed by atoms with Gasteiger partial charge in [-0.15, -0.1) is 0 Å². The summed E-state index contributed by atoms with van der Waals surface area (Å²) in [5.74, 6) is 0.820. The summed E-state index contributed by atoms with van der Waals surface area (Å²) in [4.78, 5) is 20.6. The van der Waals surface area contributed by atoms with Crippen molar-refractivity contribution in [3.8, 4) is 0 Å². The highest BCUT2D eigenvalue weighted by molar-refractivity contribution is 5.76. The van der Waals surface area contributed by atoms with Crippen molar-refractivity contribution in [2.75, 3.05) is 7.11 Å². The fourth-order valence-electron chi connectivity index (χ4n) is 1.93. The van der Waals surface area contributed by atoms with Crippen LogP contribution < -0.4 is 5.56 Å². The van der Waals surface area contributed by atoms with Crippen LogP contribution in [0, 0.1) is 0 Å². The smallest absolute Gasteiger partial charge is 0.260 e. The minimum atomic E-state index is -0.131. The summed E-state index contributed by atoms with van der Waals surface area (Å²) in [7, 11) is 1.55. The molecular formula is C13H12N4O3. The second-order valence-electron chi connectivity index (χ2n) is 4.22. The molecule has 0 amide bonds. The number of pyridine rings is 2. The molecule has 0 aliphatic carbocycles. The van der Waals surface area contributed by atoms with Gasteiger partial charge in [-0.25, -0.2) is 0 Å². The van der Waals surface area contributed by atoms with Gasteiger partial charge in [-0.05, 0) is 18.2 Å². The Morgan fingerprint density at radius 3 is 3.15 bits per heavy atom. The van der Waals surface area contributed by atoms with Crippen LogP contribution in [0.3, 0.4) is 0 Å². The highest BCUT2D eigenvalue weighted by Gasteiger charge is 2.09. The van der Waals surface area contributed by atoms with Gasteiger partial charge < -0.3 is 13.8 Å². The molecule has 0 aromatic carbocycles. The van der Waals surface area contributed by atoms with Crippen molar-refractivity contribution in [1.82, 2.24) is 19.7 Å². The van der Waals surface area contributed by atoms with Gasteiger partial charge in [0.25, 0.3) is 11.4 Å². The topological polar surface area (TPSA) is 83.0 Å². The third-order valence-electron chi connectivity index (χ3n) is 2.83. The number of fused-ring (bicyclic) bond motifs is 1. The maximum absolute atomic E-state index is 12.3. The number of aromatic nitrogens is 4. The summed E-state index contributed by atoms with van der Waals surface area (Å²) in [5, 5.41) is 4.38. The third kappa shape index (κ3) is 2.30. The first-order chi connectivity index (χ1) is 9.78. The molecular weight excluding hydrogens is 260 g/mol. The third-order valence-corrected chi connectivity index (χ3v) is 2.83. The van der Waals surface area contributed by atoms with E-state index in [0.29, 0.717) is 22.6 Å². The van der Waals surface area contributed by atoms with Gasteiger partial charge in [-0.3, -0.25) is 9.78 Å². The first-order valence-corrected chi connectivity index (χ1v) is 6.02. The van der Waals surface area contributed by atoms with Crippen molar-refractivity contribution >= 4 is 10.9 Å². The van der Waals surface area contributed by atoms with Crippen LogP contribution in [0.1, 0.15) is 11.7 Å². The Morgan fingerprint density at radius 2 is 2.30 bits per heavy atom. The molecule has 0 saturated heterocycles. The molecule has 0 spiro atoms. The molecule has 7 nitrogen and oxygen atoms in total. The van der Waals surface area contributed by atoms with E-state index in [-0.39, 0.29) is 18.7 Å². The van der Waals surface area contributed by atoms with Crippen LogP contribution in [0.2, 0.25) is 0 Å². The van der Waals surface area contributed by atoms with Crippen molar-refractivity contribution in [3.63, 3.8) is 0 Å². The molecule has 0 aliphatic rings. The van der Waals surface area contributed by atoms with Gasteiger partial charge in [0, 0.05) is 19.5 Å². The lowest BCUT2D eigenvalue weighted by Gasteiger charge is -2.03. The first-order valence-electron chi connectivity index (χ1n) is 6.02. The minimum absolute atomic E-state index is 0.131. The average Bonchev–Trinajstić information content (AvgIpc) is 2.90. The fraction of sp³-hybridized carbons (Fsp3) is 0.231. The van der Waals surface area contributed by atoms with Crippen LogP contribution in [0.25, 0.3) is 10.9 Å². The van der Waals surface area contributed by atoms with Gasteiger partial charge in [-0.2, -0.15) is 4.98 Å². The molecule has 3 aromatic rings. The molecule has 0 atom stereocenters. The Hall–Kier alpha value is -2.54. The van der Waals surface area contributed by atoms with Gasteiger partial charge in [0.05, 0.1) is 17.4 Å². The summed E-state index contributed by atoms with van der Waals surface area (Å²) in [6.07, 6.45) is 3.33. The summed E-state index contributed by atoms with van der Waals surface area (Å²) in [6.45, 7) is 0.500. The van der Waals surface area contributed by atoms with Crippen LogP contribution >= 0.6 is 0 Å². The van der Waals surface area contributed by atoms with Crippen molar-refractivity contribution in [2.45, 2.75) is 13.2 Å². The number of hydrogen-bond acceptors (Lipinski definition) is 6. The number of hydrogen-bond donors (Lipinski definition) is 0. The Morgan fingerprint density at radius 1 is 1.40 bits per heavy atom. The van der Waals surface area contributed by atoms with E-state index < -0.39 is 0 Å². The standard InChI is InChI=1S/C13H12N4O3/c1-19-8-12-15-11(16-20-12)7-17-6-4-10-9(13(17)18)3-2-5-14-10/h2-6H,7-8H2,1H3. The van der Waals surface area contributed by atoms with Crippen molar-refractivity contribution in [2.24, 2.45) is 0 Å². The van der Waals surface area contributed by atoms with E-state index in [9.17, 15) is 4.79 Å². The summed E-state index contributed by atoms with van der Waals surface area (Å²) in [6, 6.07) is 5.26. The van der Waals surface area contributed by atoms with Crippen molar-refractivity contribution < 1.29 is 9.26 Å². The molecule has 0 aliphatic heterocycles. The molecule has 3 heterocycles. The van der Waals surface area contributed by atoms with E-state index in [0.717, 1.165) is 0 Å². The van der Waals surface area contributed by atoms with E-state index in [2.05, 4.69) is 15.1 Å². The predicted octanol–water partition coefficient (Wildman–Crippen LogP) is 0.974. The predicted molar refractivity (Wildman–Crippen MR) is 70.1 cm³/mol. The largest absolute Gasteiger partial charge is 0.375 e. The SMILES string of the molecule is COCc1nc(Cn2ccc3ncccc3c2=O)no1. The molecule has 0 saturated carbocycles. The summed E-state index contributed by atoms with van der Waals surface area (Å²) < 4.78 is 11.4. The second kappa shape index (κ2) is 5.22. The summed E-state index contributed by atoms with van der Waals surface area (Å²) >= 11 is 0. The van der Waals surface area contributed by atoms with Crippen LogP contribution in [-0.4, -0.2) is 26.8 Å². The molecule has 0 fully saturated rings. The lowest BCUT2D eigenvalue weighted by Crippen LogP contribution is -2.20. The molecule has 0 bridgehead atoms. The molecule has 102 valence electrons. The molecule has 3 rings (SSSR count). The van der Waals surface area contributed by atoms with E-state index in [1.807, 2.05) is 0 Å². The zero-order valence-electron chi connectivity index (χ0n) is 10.8. The first kappa shape index (κ1) is 12.5. The highest BCUT2D eigenvalue weighted by atomic mass is 16.5. The normalized spacial score (nSPS) is 11.1. The van der Waals surface area contributed by atoms with Crippen LogP contribution in [0.4, 0.5) is 0 Å². The van der Waals surface area contributed by atoms with Gasteiger partial charge in [0.15, 0.2) is 5.82 Å². The molecule has 0 unspecified atom stereocenters. The zero-order chi connectivity index (χ0) is 13.9. The number of methoxy groups -OCH3 is 1. The summed E-state index contributed by atoms with van der Waals surface area (Å²) in [5.41, 5.74) is 0.538. The second-order valence-corrected chi connectivity index (χ2v) is 4.22. The average molecular weight is 272 g/mol. The maximum atomic E-state index is 12.3. The minimum Gasteiger partial charge on any atom is -0.375 e. The van der Waals surface area contributed by atoms with E-state index in [1.165, 1.54) is 4.57 Å². The van der Waals surface area contributed by atoms with Crippen molar-refractivity contribution in [3.05, 3.63) is 52.7 Å². The quantitative estimate of drug-likeness (QED) is 0.704. The van der Waals surface area contributed by atoms with Crippen molar-refractivity contribution in [1.29, 1.82) is 0 Å². The Balaban J connectivity index is 1.94. The molecule has 0 radical (unpaired) electrons. The molecule has 20 heavy (non-hydrogen) atoms. The molecule has 3 aromatic heterocycles. The molecule has 7 heteroatoms. The van der Waals surface area contributed by atoms with E-state index in [4.69, 9.17) is 9.26 Å². The Kier molecular flexibility index (Phi) is 3.26. The van der Waals surface area contributed by atoms with E-state index in [1.54, 1.807) is 37.7 Å². The van der Waals surface area contributed by atoms with Gasteiger partial charge in [0.1, 0.15) is 6.61 Å². The number of ether oxygens (including phenoxy) is 1. The highest BCUT2D eigenvalue weighted by Crippen LogP contribution is 2.06. The van der Waals surface area contributed by atoms with Gasteiger partial charge >= 0.3 is 0 Å². The lowest BCUT2D eigenvalue weighted by molar-refractivity contribution is 0.151. The molecule has 0 N–H and O–H groups in total. The lowest BCUT2D eigenvalue weighted by atomic mass is 10.2. The van der Waals surface area contributed by atoms with Crippen LogP contribution in [0.5, 0.6) is 0 Å². The van der Waals surface area contributed by atoms with Gasteiger partial charge in [0.2, 0.25) is 0 Å². The Labute approximate surface area is 113 Å². The van der Waals surface area contributed by atoms with Crippen LogP contribution in [-0.2, 0) is 17.9 Å². The maximum Gasteiger partial charge on any atom is 0.260 e. The van der Waals surface area contributed by atoms with Gasteiger partial charge in [-0.1, -0.05) is 5.16 Å². The number of rotatable bonds is 4. The number of nitrogens with zero attached hydrogens (tertiary/aromatic N) is 4. The van der Waals surface area contributed by atoms with Crippen LogP contribution in [0.15, 0.2) is 39.9 Å². The zero-order valence-corrected chi connectivity index (χ0v) is 10.8.